The monoisotopic (exact) mass is 271 g/mol. The molecule has 0 saturated carbocycles. The van der Waals surface area contributed by atoms with Crippen LogP contribution in [-0.4, -0.2) is 67.8 Å². The Labute approximate surface area is 119 Å². The van der Waals surface area contributed by atoms with Crippen LogP contribution in [0.3, 0.4) is 0 Å². The number of piperidine rings is 1. The molecule has 1 aliphatic heterocycles. The zero-order valence-electron chi connectivity index (χ0n) is 13.3. The van der Waals surface area contributed by atoms with Crippen LogP contribution in [0, 0.1) is 0 Å². The van der Waals surface area contributed by atoms with E-state index in [1.807, 2.05) is 0 Å². The summed E-state index contributed by atoms with van der Waals surface area (Å²) in [4.78, 5) is 4.99. The fourth-order valence-electron chi connectivity index (χ4n) is 2.91. The lowest BCUT2D eigenvalue weighted by atomic mass is 9.86. The first-order valence-corrected chi connectivity index (χ1v) is 7.79. The zero-order valence-corrected chi connectivity index (χ0v) is 13.3. The quantitative estimate of drug-likeness (QED) is 0.727. The van der Waals surface area contributed by atoms with E-state index in [0.717, 1.165) is 19.7 Å². The van der Waals surface area contributed by atoms with Crippen LogP contribution in [0.1, 0.15) is 40.0 Å². The van der Waals surface area contributed by atoms with Gasteiger partial charge in [0, 0.05) is 18.6 Å². The van der Waals surface area contributed by atoms with E-state index >= 15 is 0 Å². The molecule has 0 aromatic carbocycles. The van der Waals surface area contributed by atoms with Crippen LogP contribution in [0.2, 0.25) is 0 Å². The molecule has 1 saturated heterocycles. The van der Waals surface area contributed by atoms with Gasteiger partial charge in [0.05, 0.1) is 12.7 Å². The third-order valence-electron chi connectivity index (χ3n) is 4.39. The van der Waals surface area contributed by atoms with E-state index in [4.69, 9.17) is 10.5 Å². The lowest BCUT2D eigenvalue weighted by Gasteiger charge is -2.47. The molecule has 0 aromatic rings. The maximum Gasteiger partial charge on any atom is 0.0597 e. The highest BCUT2D eigenvalue weighted by Gasteiger charge is 2.36. The molecule has 19 heavy (non-hydrogen) atoms. The molecule has 1 rings (SSSR count). The van der Waals surface area contributed by atoms with Crippen LogP contribution >= 0.6 is 0 Å². The van der Waals surface area contributed by atoms with Gasteiger partial charge in [0.25, 0.3) is 0 Å². The minimum Gasteiger partial charge on any atom is -0.377 e. The number of ether oxygens (including phenoxy) is 1. The summed E-state index contributed by atoms with van der Waals surface area (Å²) in [5.74, 6) is 0. The molecule has 2 N–H and O–H groups in total. The molecular weight excluding hydrogens is 238 g/mol. The average Bonchev–Trinajstić information content (AvgIpc) is 2.39. The van der Waals surface area contributed by atoms with Crippen molar-refractivity contribution in [1.82, 2.24) is 9.80 Å². The van der Waals surface area contributed by atoms with Gasteiger partial charge in [-0.05, 0) is 59.8 Å². The van der Waals surface area contributed by atoms with Gasteiger partial charge in [-0.3, -0.25) is 4.90 Å². The smallest absolute Gasteiger partial charge is 0.0597 e. The Morgan fingerprint density at radius 3 is 2.42 bits per heavy atom. The Bertz CT molecular complexity index is 238. The highest BCUT2D eigenvalue weighted by molar-refractivity contribution is 4.95. The van der Waals surface area contributed by atoms with Crippen LogP contribution in [-0.2, 0) is 4.74 Å². The predicted molar refractivity (Wildman–Crippen MR) is 81.5 cm³/mol. The molecular formula is C15H33N3O. The summed E-state index contributed by atoms with van der Waals surface area (Å²) >= 11 is 0. The number of hydrogen-bond acceptors (Lipinski definition) is 4. The first kappa shape index (κ1) is 16.9. The maximum absolute atomic E-state index is 6.09. The summed E-state index contributed by atoms with van der Waals surface area (Å²) in [5.41, 5.74) is 6.27. The van der Waals surface area contributed by atoms with E-state index in [0.29, 0.717) is 6.10 Å². The van der Waals surface area contributed by atoms with Gasteiger partial charge in [-0.15, -0.1) is 0 Å². The largest absolute Gasteiger partial charge is 0.377 e. The molecule has 0 amide bonds. The Morgan fingerprint density at radius 1 is 1.32 bits per heavy atom. The van der Waals surface area contributed by atoms with Crippen molar-refractivity contribution in [3.05, 3.63) is 0 Å². The number of rotatable bonds is 8. The maximum atomic E-state index is 6.09. The first-order valence-electron chi connectivity index (χ1n) is 7.79. The summed E-state index contributed by atoms with van der Waals surface area (Å²) in [5, 5.41) is 0. The Kier molecular flexibility index (Phi) is 7.29. The first-order chi connectivity index (χ1) is 9.04. The van der Waals surface area contributed by atoms with Crippen LogP contribution in [0.4, 0.5) is 0 Å². The van der Waals surface area contributed by atoms with Crippen LogP contribution in [0.5, 0.6) is 0 Å². The van der Waals surface area contributed by atoms with Gasteiger partial charge in [0.1, 0.15) is 0 Å². The van der Waals surface area contributed by atoms with E-state index in [9.17, 15) is 0 Å². The molecule has 4 nitrogen and oxygen atoms in total. The summed E-state index contributed by atoms with van der Waals surface area (Å²) in [6.45, 7) is 12.5. The molecule has 1 aliphatic rings. The average molecular weight is 271 g/mol. The Balaban J connectivity index is 2.42. The van der Waals surface area contributed by atoms with Gasteiger partial charge in [-0.25, -0.2) is 0 Å². The standard InChI is InChI=1S/C15H33N3O/c1-5-8-18-9-6-15(13-16,7-10-18)17(4)11-12-19-14(2)3/h14H,5-13,16H2,1-4H3. The molecule has 0 bridgehead atoms. The lowest BCUT2D eigenvalue weighted by Crippen LogP contribution is -2.58. The highest BCUT2D eigenvalue weighted by Crippen LogP contribution is 2.27. The molecule has 1 heterocycles. The molecule has 0 unspecified atom stereocenters. The van der Waals surface area contributed by atoms with Crippen molar-refractivity contribution in [2.24, 2.45) is 5.73 Å². The molecule has 4 heteroatoms. The van der Waals surface area contributed by atoms with Gasteiger partial charge in [0.15, 0.2) is 0 Å². The predicted octanol–water partition coefficient (Wildman–Crippen LogP) is 1.55. The third kappa shape index (κ3) is 5.03. The molecule has 0 radical (unpaired) electrons. The van der Waals surface area contributed by atoms with Crippen LogP contribution < -0.4 is 5.73 Å². The number of likely N-dealkylation sites (tertiary alicyclic amines) is 1. The minimum atomic E-state index is 0.185. The van der Waals surface area contributed by atoms with Gasteiger partial charge >= 0.3 is 0 Å². The molecule has 114 valence electrons. The number of nitrogens with two attached hydrogens (primary N) is 1. The third-order valence-corrected chi connectivity index (χ3v) is 4.39. The van der Waals surface area contributed by atoms with Crippen molar-refractivity contribution in [2.75, 3.05) is 46.4 Å². The second-order valence-corrected chi connectivity index (χ2v) is 6.11. The molecule has 0 aromatic heterocycles. The molecule has 0 aliphatic carbocycles. The fourth-order valence-corrected chi connectivity index (χ4v) is 2.91. The lowest BCUT2D eigenvalue weighted by molar-refractivity contribution is 0.00771. The summed E-state index contributed by atoms with van der Waals surface area (Å²) < 4.78 is 5.66. The van der Waals surface area contributed by atoms with Gasteiger partial charge in [0.2, 0.25) is 0 Å². The number of nitrogens with zero attached hydrogens (tertiary/aromatic N) is 2. The topological polar surface area (TPSA) is 41.7 Å². The summed E-state index contributed by atoms with van der Waals surface area (Å²) in [6, 6.07) is 0. The van der Waals surface area contributed by atoms with Gasteiger partial charge in [-0.1, -0.05) is 6.92 Å². The van der Waals surface area contributed by atoms with E-state index in [2.05, 4.69) is 37.6 Å². The molecule has 0 atom stereocenters. The van der Waals surface area contributed by atoms with Crippen molar-refractivity contribution in [2.45, 2.75) is 51.7 Å². The summed E-state index contributed by atoms with van der Waals surface area (Å²) in [6.07, 6.45) is 3.92. The van der Waals surface area contributed by atoms with E-state index < -0.39 is 0 Å². The number of hydrogen-bond donors (Lipinski definition) is 1. The second-order valence-electron chi connectivity index (χ2n) is 6.11. The van der Waals surface area contributed by atoms with Crippen LogP contribution in [0.25, 0.3) is 0 Å². The fraction of sp³-hybridized carbons (Fsp3) is 1.00. The molecule has 1 fully saturated rings. The number of likely N-dealkylation sites (N-methyl/N-ethyl adjacent to an activating group) is 1. The minimum absolute atomic E-state index is 0.185. The van der Waals surface area contributed by atoms with E-state index in [-0.39, 0.29) is 5.54 Å². The van der Waals surface area contributed by atoms with E-state index in [1.165, 1.54) is 38.9 Å². The Hall–Kier alpha value is -0.160. The summed E-state index contributed by atoms with van der Waals surface area (Å²) in [7, 11) is 2.20. The second kappa shape index (κ2) is 8.20. The SMILES string of the molecule is CCCN1CCC(CN)(N(C)CCOC(C)C)CC1. The van der Waals surface area contributed by atoms with Crippen molar-refractivity contribution in [3.63, 3.8) is 0 Å². The van der Waals surface area contributed by atoms with Gasteiger partial charge < -0.3 is 15.4 Å². The van der Waals surface area contributed by atoms with Crippen molar-refractivity contribution >= 4 is 0 Å². The van der Waals surface area contributed by atoms with E-state index in [1.54, 1.807) is 0 Å². The van der Waals surface area contributed by atoms with Crippen LogP contribution in [0.15, 0.2) is 0 Å². The zero-order chi connectivity index (χ0) is 14.3. The van der Waals surface area contributed by atoms with Gasteiger partial charge in [-0.2, -0.15) is 0 Å². The normalized spacial score (nSPS) is 20.4. The van der Waals surface area contributed by atoms with Crippen molar-refractivity contribution in [3.8, 4) is 0 Å². The Morgan fingerprint density at radius 2 is 1.95 bits per heavy atom. The highest BCUT2D eigenvalue weighted by atomic mass is 16.5. The molecule has 0 spiro atoms. The van der Waals surface area contributed by atoms with Crippen molar-refractivity contribution < 1.29 is 4.74 Å². The van der Waals surface area contributed by atoms with Crippen molar-refractivity contribution in [1.29, 1.82) is 0 Å².